The summed E-state index contributed by atoms with van der Waals surface area (Å²) < 4.78 is 5.81. The number of rotatable bonds is 4. The normalized spacial score (nSPS) is 36.0. The number of nitrogens with one attached hydrogen (secondary N) is 1. The van der Waals surface area contributed by atoms with Crippen molar-refractivity contribution in [2.24, 2.45) is 0 Å². The molecule has 2 fully saturated rings. The van der Waals surface area contributed by atoms with Gasteiger partial charge in [-0.15, -0.1) is 0 Å². The molecule has 0 spiro atoms. The maximum absolute atomic E-state index is 5.81. The molecular formula is C14H28N2O. The van der Waals surface area contributed by atoms with Gasteiger partial charge in [-0.2, -0.15) is 0 Å². The summed E-state index contributed by atoms with van der Waals surface area (Å²) in [7, 11) is 2.12. The van der Waals surface area contributed by atoms with Gasteiger partial charge in [0.2, 0.25) is 0 Å². The molecule has 2 rings (SSSR count). The van der Waals surface area contributed by atoms with Crippen LogP contribution in [-0.4, -0.2) is 49.8 Å². The average Bonchev–Trinajstić information content (AvgIpc) is 2.39. The minimum Gasteiger partial charge on any atom is -0.377 e. The first kappa shape index (κ1) is 13.3. The molecular weight excluding hydrogens is 212 g/mol. The van der Waals surface area contributed by atoms with Crippen LogP contribution in [0.2, 0.25) is 0 Å². The zero-order valence-corrected chi connectivity index (χ0v) is 11.5. The Labute approximate surface area is 106 Å². The Balaban J connectivity index is 1.90. The highest BCUT2D eigenvalue weighted by Gasteiger charge is 2.32. The summed E-state index contributed by atoms with van der Waals surface area (Å²) in [5, 5.41) is 3.52. The fourth-order valence-electron chi connectivity index (χ4n) is 3.52. The van der Waals surface area contributed by atoms with Crippen LogP contribution in [0.3, 0.4) is 0 Å². The number of likely N-dealkylation sites (N-methyl/N-ethyl adjacent to an activating group) is 1. The Morgan fingerprint density at radius 1 is 1.18 bits per heavy atom. The Bertz CT molecular complexity index is 220. The first-order valence-corrected chi connectivity index (χ1v) is 7.38. The van der Waals surface area contributed by atoms with Crippen molar-refractivity contribution < 1.29 is 4.74 Å². The predicted molar refractivity (Wildman–Crippen MR) is 71.3 cm³/mol. The summed E-state index contributed by atoms with van der Waals surface area (Å²) in [6, 6.07) is 1.45. The number of ether oxygens (including phenoxy) is 1. The molecule has 3 nitrogen and oxygen atoms in total. The molecule has 0 amide bonds. The lowest BCUT2D eigenvalue weighted by molar-refractivity contribution is -0.0176. The fourth-order valence-corrected chi connectivity index (χ4v) is 3.52. The van der Waals surface area contributed by atoms with E-state index in [-0.39, 0.29) is 0 Å². The topological polar surface area (TPSA) is 24.5 Å². The fraction of sp³-hybridized carbons (Fsp3) is 1.00. The van der Waals surface area contributed by atoms with Crippen LogP contribution in [0.5, 0.6) is 0 Å². The van der Waals surface area contributed by atoms with E-state index in [1.54, 1.807) is 0 Å². The molecule has 17 heavy (non-hydrogen) atoms. The van der Waals surface area contributed by atoms with E-state index in [9.17, 15) is 0 Å². The highest BCUT2D eigenvalue weighted by atomic mass is 16.5. The smallest absolute Gasteiger partial charge is 0.0702 e. The van der Waals surface area contributed by atoms with Crippen LogP contribution >= 0.6 is 0 Å². The predicted octanol–water partition coefficient (Wildman–Crippen LogP) is 2.02. The van der Waals surface area contributed by atoms with Gasteiger partial charge >= 0.3 is 0 Å². The molecule has 1 heterocycles. The molecule has 0 aromatic carbocycles. The monoisotopic (exact) mass is 240 g/mol. The third-order valence-electron chi connectivity index (χ3n) is 4.38. The second-order valence-corrected chi connectivity index (χ2v) is 5.46. The van der Waals surface area contributed by atoms with Gasteiger partial charge in [-0.1, -0.05) is 12.8 Å². The Morgan fingerprint density at radius 2 is 2.00 bits per heavy atom. The van der Waals surface area contributed by atoms with Crippen LogP contribution < -0.4 is 5.32 Å². The Kier molecular flexibility index (Phi) is 5.26. The number of hydrogen-bond donors (Lipinski definition) is 1. The zero-order valence-electron chi connectivity index (χ0n) is 11.5. The van der Waals surface area contributed by atoms with Crippen LogP contribution in [0.4, 0.5) is 0 Å². The largest absolute Gasteiger partial charge is 0.377 e. The van der Waals surface area contributed by atoms with E-state index in [4.69, 9.17) is 4.74 Å². The SMILES string of the molecule is CCOC1CCCN(C2CCCCC2NC)C1. The van der Waals surface area contributed by atoms with E-state index in [1.165, 1.54) is 45.1 Å². The van der Waals surface area contributed by atoms with E-state index >= 15 is 0 Å². The maximum atomic E-state index is 5.81. The maximum Gasteiger partial charge on any atom is 0.0702 e. The second kappa shape index (κ2) is 6.72. The lowest BCUT2D eigenvalue weighted by atomic mass is 9.88. The first-order chi connectivity index (χ1) is 8.35. The van der Waals surface area contributed by atoms with E-state index in [1.807, 2.05) is 0 Å². The van der Waals surface area contributed by atoms with Crippen molar-refractivity contribution in [3.8, 4) is 0 Å². The molecule has 1 saturated carbocycles. The van der Waals surface area contributed by atoms with E-state index in [2.05, 4.69) is 24.2 Å². The molecule has 0 aromatic heterocycles. The lowest BCUT2D eigenvalue weighted by Crippen LogP contribution is -2.54. The minimum atomic E-state index is 0.480. The van der Waals surface area contributed by atoms with Crippen LogP contribution in [0.25, 0.3) is 0 Å². The van der Waals surface area contributed by atoms with Gasteiger partial charge in [0.05, 0.1) is 6.10 Å². The van der Waals surface area contributed by atoms with Crippen molar-refractivity contribution in [1.29, 1.82) is 0 Å². The average molecular weight is 240 g/mol. The van der Waals surface area contributed by atoms with Gasteiger partial charge in [-0.05, 0) is 46.2 Å². The molecule has 0 aromatic rings. The summed E-state index contributed by atoms with van der Waals surface area (Å²) in [5.74, 6) is 0. The summed E-state index contributed by atoms with van der Waals surface area (Å²) in [6.45, 7) is 5.39. The molecule has 1 N–H and O–H groups in total. The summed E-state index contributed by atoms with van der Waals surface area (Å²) in [6.07, 6.45) is 8.54. The molecule has 3 unspecified atom stereocenters. The molecule has 1 aliphatic heterocycles. The zero-order chi connectivity index (χ0) is 12.1. The second-order valence-electron chi connectivity index (χ2n) is 5.46. The molecule has 1 saturated heterocycles. The number of piperidine rings is 1. The highest BCUT2D eigenvalue weighted by molar-refractivity contribution is 4.90. The number of likely N-dealkylation sites (tertiary alicyclic amines) is 1. The Morgan fingerprint density at radius 3 is 2.76 bits per heavy atom. The summed E-state index contributed by atoms with van der Waals surface area (Å²) in [5.41, 5.74) is 0. The van der Waals surface area contributed by atoms with Crippen molar-refractivity contribution in [3.05, 3.63) is 0 Å². The standard InChI is InChI=1S/C14H28N2O/c1-3-17-12-7-6-10-16(11-12)14-9-5-4-8-13(14)15-2/h12-15H,3-11H2,1-2H3. The summed E-state index contributed by atoms with van der Waals surface area (Å²) in [4.78, 5) is 2.68. The molecule has 2 aliphatic rings. The van der Waals surface area contributed by atoms with E-state index in [0.29, 0.717) is 12.1 Å². The third-order valence-corrected chi connectivity index (χ3v) is 4.38. The van der Waals surface area contributed by atoms with Crippen molar-refractivity contribution in [2.75, 3.05) is 26.7 Å². The Hall–Kier alpha value is -0.120. The van der Waals surface area contributed by atoms with Gasteiger partial charge in [0, 0.05) is 25.2 Å². The van der Waals surface area contributed by atoms with Gasteiger partial charge < -0.3 is 10.1 Å². The molecule has 0 radical (unpaired) electrons. The van der Waals surface area contributed by atoms with Crippen LogP contribution in [-0.2, 0) is 4.74 Å². The van der Waals surface area contributed by atoms with Gasteiger partial charge in [-0.3, -0.25) is 4.90 Å². The van der Waals surface area contributed by atoms with Crippen molar-refractivity contribution >= 4 is 0 Å². The molecule has 0 bridgehead atoms. The molecule has 3 heteroatoms. The number of nitrogens with zero attached hydrogens (tertiary/aromatic N) is 1. The van der Waals surface area contributed by atoms with E-state index in [0.717, 1.165) is 19.2 Å². The quantitative estimate of drug-likeness (QED) is 0.813. The molecule has 3 atom stereocenters. The van der Waals surface area contributed by atoms with Crippen LogP contribution in [0.1, 0.15) is 45.4 Å². The van der Waals surface area contributed by atoms with Crippen LogP contribution in [0, 0.1) is 0 Å². The van der Waals surface area contributed by atoms with Crippen molar-refractivity contribution in [2.45, 2.75) is 63.6 Å². The van der Waals surface area contributed by atoms with Crippen molar-refractivity contribution in [1.82, 2.24) is 10.2 Å². The minimum absolute atomic E-state index is 0.480. The summed E-state index contributed by atoms with van der Waals surface area (Å²) >= 11 is 0. The van der Waals surface area contributed by atoms with E-state index < -0.39 is 0 Å². The first-order valence-electron chi connectivity index (χ1n) is 7.38. The lowest BCUT2D eigenvalue weighted by Gasteiger charge is -2.43. The number of hydrogen-bond acceptors (Lipinski definition) is 3. The highest BCUT2D eigenvalue weighted by Crippen LogP contribution is 2.26. The third kappa shape index (κ3) is 3.43. The van der Waals surface area contributed by atoms with Crippen molar-refractivity contribution in [3.63, 3.8) is 0 Å². The molecule has 1 aliphatic carbocycles. The van der Waals surface area contributed by atoms with Gasteiger partial charge in [-0.25, -0.2) is 0 Å². The molecule has 100 valence electrons. The van der Waals surface area contributed by atoms with Gasteiger partial charge in [0.1, 0.15) is 0 Å². The van der Waals surface area contributed by atoms with Crippen LogP contribution in [0.15, 0.2) is 0 Å². The van der Waals surface area contributed by atoms with Gasteiger partial charge in [0.25, 0.3) is 0 Å². The van der Waals surface area contributed by atoms with Gasteiger partial charge in [0.15, 0.2) is 0 Å².